The lowest BCUT2D eigenvalue weighted by atomic mass is 9.90. The lowest BCUT2D eigenvalue weighted by molar-refractivity contribution is -0.123. The Bertz CT molecular complexity index is 1340. The van der Waals surface area contributed by atoms with Gasteiger partial charge in [-0.15, -0.1) is 0 Å². The molecule has 3 heterocycles. The molecule has 0 spiro atoms. The summed E-state index contributed by atoms with van der Waals surface area (Å²) < 4.78 is 0. The smallest absolute Gasteiger partial charge is 0.258 e. The number of fused-ring (bicyclic) bond motifs is 1. The first kappa shape index (κ1) is 23.8. The van der Waals surface area contributed by atoms with Gasteiger partial charge in [-0.1, -0.05) is 36.4 Å². The number of H-pyrrole nitrogens is 1. The van der Waals surface area contributed by atoms with E-state index in [1.165, 1.54) is 5.56 Å². The van der Waals surface area contributed by atoms with Gasteiger partial charge in [-0.2, -0.15) is 4.98 Å². The van der Waals surface area contributed by atoms with E-state index in [0.29, 0.717) is 17.6 Å². The Morgan fingerprint density at radius 2 is 1.81 bits per heavy atom. The third kappa shape index (κ3) is 5.03. The highest BCUT2D eigenvalue weighted by atomic mass is 16.2. The Morgan fingerprint density at radius 1 is 1.06 bits per heavy atom. The maximum Gasteiger partial charge on any atom is 0.258 e. The van der Waals surface area contributed by atoms with E-state index < -0.39 is 11.8 Å². The minimum Gasteiger partial charge on any atom is -0.342 e. The molecule has 1 aromatic heterocycles. The van der Waals surface area contributed by atoms with Crippen LogP contribution in [0.2, 0.25) is 0 Å². The molecule has 1 fully saturated rings. The van der Waals surface area contributed by atoms with Crippen LogP contribution in [0.4, 0.5) is 17.5 Å². The number of aromatic amines is 1. The SMILES string of the molecule is Cc1ccc(NC(=O)C2CC(=O)Nc3nc(N4CCC(Cc5ccccc5)CC4)[nH]c(=O)c32)cc1C. The molecule has 3 aromatic rings. The summed E-state index contributed by atoms with van der Waals surface area (Å²) in [5, 5.41) is 5.57. The fraction of sp³-hybridized carbons (Fsp3) is 0.357. The topological polar surface area (TPSA) is 107 Å². The van der Waals surface area contributed by atoms with Crippen LogP contribution in [0.1, 0.15) is 47.4 Å². The zero-order valence-corrected chi connectivity index (χ0v) is 20.6. The van der Waals surface area contributed by atoms with Crippen molar-refractivity contribution in [3.05, 3.63) is 81.1 Å². The van der Waals surface area contributed by atoms with Gasteiger partial charge < -0.3 is 15.5 Å². The predicted octanol–water partition coefficient (Wildman–Crippen LogP) is 3.91. The Kier molecular flexibility index (Phi) is 6.59. The summed E-state index contributed by atoms with van der Waals surface area (Å²) in [6, 6.07) is 16.1. The van der Waals surface area contributed by atoms with Gasteiger partial charge in [0.05, 0.1) is 11.5 Å². The molecule has 2 aliphatic rings. The van der Waals surface area contributed by atoms with E-state index in [9.17, 15) is 14.4 Å². The number of hydrogen-bond acceptors (Lipinski definition) is 5. The van der Waals surface area contributed by atoms with Crippen molar-refractivity contribution in [3.63, 3.8) is 0 Å². The van der Waals surface area contributed by atoms with Gasteiger partial charge in [-0.3, -0.25) is 19.4 Å². The number of rotatable bonds is 5. The number of anilines is 3. The fourth-order valence-electron chi connectivity index (χ4n) is 5.08. The summed E-state index contributed by atoms with van der Waals surface area (Å²) in [6.07, 6.45) is 2.92. The van der Waals surface area contributed by atoms with Crippen LogP contribution in [0, 0.1) is 19.8 Å². The molecule has 5 rings (SSSR count). The van der Waals surface area contributed by atoms with Gasteiger partial charge in [-0.25, -0.2) is 0 Å². The van der Waals surface area contributed by atoms with Gasteiger partial charge in [0.1, 0.15) is 5.82 Å². The van der Waals surface area contributed by atoms with Crippen molar-refractivity contribution in [2.75, 3.05) is 28.6 Å². The van der Waals surface area contributed by atoms with E-state index in [-0.39, 0.29) is 29.3 Å². The molecule has 2 aliphatic heterocycles. The van der Waals surface area contributed by atoms with Crippen molar-refractivity contribution in [1.29, 1.82) is 0 Å². The normalized spacial score (nSPS) is 17.9. The molecule has 1 saturated heterocycles. The van der Waals surface area contributed by atoms with Gasteiger partial charge in [0.15, 0.2) is 0 Å². The molecule has 2 aromatic carbocycles. The number of carbonyl (C=O) groups is 2. The molecule has 0 aliphatic carbocycles. The lowest BCUT2D eigenvalue weighted by Gasteiger charge is -2.33. The van der Waals surface area contributed by atoms with E-state index in [1.807, 2.05) is 43.0 Å². The number of carbonyl (C=O) groups excluding carboxylic acids is 2. The first-order chi connectivity index (χ1) is 17.4. The summed E-state index contributed by atoms with van der Waals surface area (Å²) in [7, 11) is 0. The van der Waals surface area contributed by atoms with Crippen molar-refractivity contribution in [2.24, 2.45) is 5.92 Å². The number of benzene rings is 2. The van der Waals surface area contributed by atoms with Gasteiger partial charge >= 0.3 is 0 Å². The number of nitrogens with one attached hydrogen (secondary N) is 3. The molecule has 1 unspecified atom stereocenters. The van der Waals surface area contributed by atoms with Gasteiger partial charge in [0.2, 0.25) is 17.8 Å². The van der Waals surface area contributed by atoms with E-state index in [1.54, 1.807) is 0 Å². The molecule has 0 radical (unpaired) electrons. The first-order valence-corrected chi connectivity index (χ1v) is 12.5. The minimum absolute atomic E-state index is 0.0985. The average Bonchev–Trinajstić information content (AvgIpc) is 2.86. The highest BCUT2D eigenvalue weighted by molar-refractivity contribution is 6.04. The summed E-state index contributed by atoms with van der Waals surface area (Å²) in [5.74, 6) is -0.433. The van der Waals surface area contributed by atoms with Crippen LogP contribution in [0.25, 0.3) is 0 Å². The van der Waals surface area contributed by atoms with Crippen LogP contribution in [-0.4, -0.2) is 34.9 Å². The molecule has 8 nitrogen and oxygen atoms in total. The van der Waals surface area contributed by atoms with Crippen LogP contribution in [0.5, 0.6) is 0 Å². The molecule has 8 heteroatoms. The van der Waals surface area contributed by atoms with Crippen molar-refractivity contribution in [1.82, 2.24) is 9.97 Å². The van der Waals surface area contributed by atoms with Crippen LogP contribution in [-0.2, 0) is 16.0 Å². The molecule has 1 atom stereocenters. The zero-order valence-electron chi connectivity index (χ0n) is 20.6. The summed E-state index contributed by atoms with van der Waals surface area (Å²) in [6.45, 7) is 5.50. The molecular weight excluding hydrogens is 454 g/mol. The van der Waals surface area contributed by atoms with Crippen molar-refractivity contribution >= 4 is 29.3 Å². The quantitative estimate of drug-likeness (QED) is 0.508. The lowest BCUT2D eigenvalue weighted by Crippen LogP contribution is -2.40. The molecule has 0 saturated carbocycles. The second kappa shape index (κ2) is 9.97. The number of aryl methyl sites for hydroxylation is 2. The zero-order chi connectivity index (χ0) is 25.2. The van der Waals surface area contributed by atoms with E-state index in [4.69, 9.17) is 0 Å². The van der Waals surface area contributed by atoms with E-state index in [0.717, 1.165) is 43.5 Å². The fourth-order valence-corrected chi connectivity index (χ4v) is 5.08. The standard InChI is InChI=1S/C28H31N5O3/c1-17-8-9-21(14-18(17)2)29-26(35)22-16-23(34)30-25-24(22)27(36)32-28(31-25)33-12-10-20(11-13-33)15-19-6-4-3-5-7-19/h3-9,14,20,22H,10-13,15-16H2,1-2H3,(H,29,35)(H2,30,31,32,34,36). The Balaban J connectivity index is 1.32. The molecule has 3 N–H and O–H groups in total. The summed E-state index contributed by atoms with van der Waals surface area (Å²) in [4.78, 5) is 48.2. The second-order valence-corrected chi connectivity index (χ2v) is 9.87. The Labute approximate surface area is 210 Å². The van der Waals surface area contributed by atoms with Gasteiger partial charge in [-0.05, 0) is 67.9 Å². The van der Waals surface area contributed by atoms with E-state index in [2.05, 4.69) is 44.9 Å². The van der Waals surface area contributed by atoms with Gasteiger partial charge in [0.25, 0.3) is 5.56 Å². The summed E-state index contributed by atoms with van der Waals surface area (Å²) >= 11 is 0. The van der Waals surface area contributed by atoms with Crippen LogP contribution < -0.4 is 21.1 Å². The van der Waals surface area contributed by atoms with E-state index >= 15 is 0 Å². The van der Waals surface area contributed by atoms with Crippen molar-refractivity contribution in [3.8, 4) is 0 Å². The molecule has 0 bridgehead atoms. The number of nitrogens with zero attached hydrogens (tertiary/aromatic N) is 2. The monoisotopic (exact) mass is 485 g/mol. The largest absolute Gasteiger partial charge is 0.342 e. The van der Waals surface area contributed by atoms with Gasteiger partial charge in [0, 0.05) is 25.2 Å². The number of amides is 2. The van der Waals surface area contributed by atoms with Crippen LogP contribution in [0.3, 0.4) is 0 Å². The third-order valence-corrected chi connectivity index (χ3v) is 7.31. The van der Waals surface area contributed by atoms with Crippen LogP contribution in [0.15, 0.2) is 53.3 Å². The second-order valence-electron chi connectivity index (χ2n) is 9.87. The molecular formula is C28H31N5O3. The third-order valence-electron chi connectivity index (χ3n) is 7.31. The maximum absolute atomic E-state index is 13.2. The number of aromatic nitrogens is 2. The minimum atomic E-state index is -0.905. The predicted molar refractivity (Wildman–Crippen MR) is 140 cm³/mol. The molecule has 36 heavy (non-hydrogen) atoms. The van der Waals surface area contributed by atoms with Crippen LogP contribution >= 0.6 is 0 Å². The number of hydrogen-bond donors (Lipinski definition) is 3. The summed E-state index contributed by atoms with van der Waals surface area (Å²) in [5.41, 5.74) is 3.96. The van der Waals surface area contributed by atoms with Crippen molar-refractivity contribution in [2.45, 2.75) is 45.4 Å². The maximum atomic E-state index is 13.2. The Morgan fingerprint density at radius 3 is 2.53 bits per heavy atom. The highest BCUT2D eigenvalue weighted by Gasteiger charge is 2.35. The Hall–Kier alpha value is -3.94. The average molecular weight is 486 g/mol. The van der Waals surface area contributed by atoms with Crippen molar-refractivity contribution < 1.29 is 9.59 Å². The first-order valence-electron chi connectivity index (χ1n) is 12.5. The highest BCUT2D eigenvalue weighted by Crippen LogP contribution is 2.31. The molecule has 186 valence electrons. The number of piperidine rings is 1. The molecule has 2 amide bonds.